The summed E-state index contributed by atoms with van der Waals surface area (Å²) in [6, 6.07) is 11.9. The minimum absolute atomic E-state index is 0.0156. The lowest BCUT2D eigenvalue weighted by atomic mass is 9.96. The molecule has 0 spiro atoms. The molecule has 33 heavy (non-hydrogen) atoms. The molecule has 5 nitrogen and oxygen atoms in total. The zero-order valence-corrected chi connectivity index (χ0v) is 19.5. The quantitative estimate of drug-likeness (QED) is 0.485. The van der Waals surface area contributed by atoms with E-state index in [-0.39, 0.29) is 11.4 Å². The number of piperidine rings is 1. The van der Waals surface area contributed by atoms with Gasteiger partial charge in [-0.25, -0.2) is 9.37 Å². The summed E-state index contributed by atoms with van der Waals surface area (Å²) in [7, 11) is 0. The first kappa shape index (κ1) is 22.1. The Bertz CT molecular complexity index is 1180. The van der Waals surface area contributed by atoms with E-state index in [1.807, 2.05) is 16.7 Å². The van der Waals surface area contributed by atoms with Crippen LogP contribution in [-0.2, 0) is 13.0 Å². The maximum Gasteiger partial charge on any atom is 0.261 e. The third-order valence-electron chi connectivity index (χ3n) is 6.94. The molecule has 2 aliphatic rings. The van der Waals surface area contributed by atoms with E-state index in [0.717, 1.165) is 38.3 Å². The van der Waals surface area contributed by atoms with E-state index < -0.39 is 0 Å². The Balaban J connectivity index is 1.47. The van der Waals surface area contributed by atoms with Crippen LogP contribution in [0, 0.1) is 17.7 Å². The van der Waals surface area contributed by atoms with Gasteiger partial charge in [-0.1, -0.05) is 0 Å². The number of fused-ring (bicyclic) bond motifs is 1. The number of benzene rings is 2. The second-order valence-electron chi connectivity index (χ2n) is 9.92. The second-order valence-corrected chi connectivity index (χ2v) is 9.92. The fourth-order valence-electron chi connectivity index (χ4n) is 4.85. The summed E-state index contributed by atoms with van der Waals surface area (Å²) < 4.78 is 21.0. The number of rotatable bonds is 7. The molecule has 1 saturated heterocycles. The van der Waals surface area contributed by atoms with Crippen molar-refractivity contribution >= 4 is 10.9 Å². The number of aromatic nitrogens is 2. The van der Waals surface area contributed by atoms with Crippen molar-refractivity contribution in [2.75, 3.05) is 13.1 Å². The highest BCUT2D eigenvalue weighted by Crippen LogP contribution is 2.33. The van der Waals surface area contributed by atoms with Crippen molar-refractivity contribution in [3.63, 3.8) is 0 Å². The van der Waals surface area contributed by atoms with Gasteiger partial charge in [0.1, 0.15) is 23.1 Å². The van der Waals surface area contributed by atoms with Crippen molar-refractivity contribution in [3.05, 3.63) is 64.5 Å². The molecular formula is C27H32FN3O2. The SMILES string of the molecule is CC(C)N1CCC[C@H](Cn2c(CC3CC3)nc3ccc(Oc4ccc(F)cc4)cc3c2=O)C1. The van der Waals surface area contributed by atoms with Crippen LogP contribution in [0.2, 0.25) is 0 Å². The summed E-state index contributed by atoms with van der Waals surface area (Å²) >= 11 is 0. The average Bonchev–Trinajstić information content (AvgIpc) is 3.63. The van der Waals surface area contributed by atoms with Gasteiger partial charge in [-0.05, 0) is 100 Å². The molecule has 0 radical (unpaired) electrons. The van der Waals surface area contributed by atoms with Gasteiger partial charge in [0.25, 0.3) is 5.56 Å². The first-order chi connectivity index (χ1) is 16.0. The minimum atomic E-state index is -0.310. The fraction of sp³-hybridized carbons (Fsp3) is 0.481. The third kappa shape index (κ3) is 5.11. The Kier molecular flexibility index (Phi) is 6.19. The van der Waals surface area contributed by atoms with Crippen LogP contribution in [-0.4, -0.2) is 33.6 Å². The second kappa shape index (κ2) is 9.26. The minimum Gasteiger partial charge on any atom is -0.457 e. The van der Waals surface area contributed by atoms with Gasteiger partial charge in [0.2, 0.25) is 0 Å². The maximum atomic E-state index is 13.7. The molecule has 1 aromatic heterocycles. The Morgan fingerprint density at radius 3 is 2.55 bits per heavy atom. The van der Waals surface area contributed by atoms with E-state index in [9.17, 15) is 9.18 Å². The zero-order valence-electron chi connectivity index (χ0n) is 19.5. The number of hydrogen-bond donors (Lipinski definition) is 0. The lowest BCUT2D eigenvalue weighted by Crippen LogP contribution is -2.42. The third-order valence-corrected chi connectivity index (χ3v) is 6.94. The monoisotopic (exact) mass is 449 g/mol. The lowest BCUT2D eigenvalue weighted by Gasteiger charge is -2.35. The van der Waals surface area contributed by atoms with Gasteiger partial charge >= 0.3 is 0 Å². The largest absolute Gasteiger partial charge is 0.457 e. The average molecular weight is 450 g/mol. The van der Waals surface area contributed by atoms with E-state index in [1.165, 1.54) is 31.4 Å². The van der Waals surface area contributed by atoms with Crippen LogP contribution in [0.15, 0.2) is 47.3 Å². The first-order valence-electron chi connectivity index (χ1n) is 12.2. The van der Waals surface area contributed by atoms with Crippen LogP contribution >= 0.6 is 0 Å². The van der Waals surface area contributed by atoms with E-state index in [0.29, 0.717) is 40.3 Å². The van der Waals surface area contributed by atoms with Crippen LogP contribution < -0.4 is 10.3 Å². The molecule has 2 aromatic carbocycles. The summed E-state index contributed by atoms with van der Waals surface area (Å²) in [4.78, 5) is 21.2. The highest BCUT2D eigenvalue weighted by atomic mass is 19.1. The molecule has 3 aromatic rings. The smallest absolute Gasteiger partial charge is 0.261 e. The van der Waals surface area contributed by atoms with Crippen molar-refractivity contribution in [1.29, 1.82) is 0 Å². The van der Waals surface area contributed by atoms with Gasteiger partial charge in [-0.2, -0.15) is 0 Å². The van der Waals surface area contributed by atoms with Gasteiger partial charge in [-0.15, -0.1) is 0 Å². The van der Waals surface area contributed by atoms with Crippen molar-refractivity contribution in [3.8, 4) is 11.5 Å². The molecule has 1 aliphatic carbocycles. The highest BCUT2D eigenvalue weighted by molar-refractivity contribution is 5.79. The number of halogens is 1. The molecule has 0 N–H and O–H groups in total. The molecule has 1 saturated carbocycles. The summed E-state index contributed by atoms with van der Waals surface area (Å²) in [5, 5.41) is 0.575. The summed E-state index contributed by atoms with van der Waals surface area (Å²) in [6.45, 7) is 7.37. The standard InChI is InChI=1S/C27H32FN3O2/c1-18(2)30-13-3-4-20(16-30)17-31-26(14-19-5-6-19)29-25-12-11-23(15-24(25)27(31)32)33-22-9-7-21(28)8-10-22/h7-12,15,18-20H,3-6,13-14,16-17H2,1-2H3/t20-/m0/s1. The number of hydrogen-bond acceptors (Lipinski definition) is 4. The predicted molar refractivity (Wildman–Crippen MR) is 128 cm³/mol. The first-order valence-corrected chi connectivity index (χ1v) is 12.2. The predicted octanol–water partition coefficient (Wildman–Crippen LogP) is 5.40. The number of likely N-dealkylation sites (tertiary alicyclic amines) is 1. The van der Waals surface area contributed by atoms with Gasteiger partial charge in [0.05, 0.1) is 10.9 Å². The maximum absolute atomic E-state index is 13.7. The summed E-state index contributed by atoms with van der Waals surface area (Å²) in [6.07, 6.45) is 5.64. The van der Waals surface area contributed by atoms with Gasteiger partial charge < -0.3 is 9.64 Å². The van der Waals surface area contributed by atoms with Crippen molar-refractivity contribution in [1.82, 2.24) is 14.5 Å². The van der Waals surface area contributed by atoms with Crippen molar-refractivity contribution in [2.24, 2.45) is 11.8 Å². The van der Waals surface area contributed by atoms with Crippen molar-refractivity contribution < 1.29 is 9.13 Å². The molecule has 0 unspecified atom stereocenters. The summed E-state index contributed by atoms with van der Waals surface area (Å²) in [5.74, 6) is 2.80. The van der Waals surface area contributed by atoms with Crippen LogP contribution in [0.3, 0.4) is 0 Å². The molecule has 5 rings (SSSR count). The Morgan fingerprint density at radius 1 is 1.06 bits per heavy atom. The Morgan fingerprint density at radius 2 is 1.82 bits per heavy atom. The van der Waals surface area contributed by atoms with Gasteiger partial charge in [-0.3, -0.25) is 9.36 Å². The van der Waals surface area contributed by atoms with Crippen LogP contribution in [0.5, 0.6) is 11.5 Å². The normalized spacial score (nSPS) is 19.3. The molecule has 2 heterocycles. The summed E-state index contributed by atoms with van der Waals surface area (Å²) in [5.41, 5.74) is 0.729. The number of ether oxygens (including phenoxy) is 1. The molecule has 174 valence electrons. The van der Waals surface area contributed by atoms with E-state index in [1.54, 1.807) is 18.2 Å². The van der Waals surface area contributed by atoms with Crippen LogP contribution in [0.1, 0.15) is 45.4 Å². The van der Waals surface area contributed by atoms with E-state index in [2.05, 4.69) is 18.7 Å². The molecular weight excluding hydrogens is 417 g/mol. The van der Waals surface area contributed by atoms with Crippen LogP contribution in [0.4, 0.5) is 4.39 Å². The Labute approximate surface area is 194 Å². The van der Waals surface area contributed by atoms with Crippen LogP contribution in [0.25, 0.3) is 10.9 Å². The number of nitrogens with zero attached hydrogens (tertiary/aromatic N) is 3. The fourth-order valence-corrected chi connectivity index (χ4v) is 4.85. The highest BCUT2D eigenvalue weighted by Gasteiger charge is 2.27. The molecule has 0 bridgehead atoms. The van der Waals surface area contributed by atoms with E-state index >= 15 is 0 Å². The molecule has 2 fully saturated rings. The topological polar surface area (TPSA) is 47.4 Å². The van der Waals surface area contributed by atoms with Gasteiger partial charge in [0.15, 0.2) is 0 Å². The molecule has 1 atom stereocenters. The van der Waals surface area contributed by atoms with E-state index in [4.69, 9.17) is 9.72 Å². The molecule has 6 heteroatoms. The molecule has 0 amide bonds. The van der Waals surface area contributed by atoms with Crippen molar-refractivity contribution in [2.45, 2.75) is 58.5 Å². The lowest BCUT2D eigenvalue weighted by molar-refractivity contribution is 0.129. The Hall–Kier alpha value is -2.73. The zero-order chi connectivity index (χ0) is 22.9. The van der Waals surface area contributed by atoms with Gasteiger partial charge in [0, 0.05) is 25.6 Å². The molecule has 1 aliphatic heterocycles.